The molecule has 3 aromatic rings. The van der Waals surface area contributed by atoms with Crippen LogP contribution >= 0.6 is 69.2 Å². The van der Waals surface area contributed by atoms with Gasteiger partial charge >= 0.3 is 0 Å². The third kappa shape index (κ3) is 7.88. The molecule has 0 saturated carbocycles. The maximum atomic E-state index is 12.0. The van der Waals surface area contributed by atoms with Crippen LogP contribution in [0.2, 0.25) is 15.1 Å². The zero-order chi connectivity index (χ0) is 22.2. The standard InChI is InChI=1S/C22H16Cl3IN2O2S/c23-16-4-6-18(7-5-16)31-13-22(29)28-27-11-14-1-8-21(20(26)9-14)30-12-15-2-3-17(24)10-19(15)25/h1-11H,12-13H2,(H,28,29)/b27-11-. The number of hydrogen-bond acceptors (Lipinski definition) is 4. The third-order valence-electron chi connectivity index (χ3n) is 3.94. The van der Waals surface area contributed by atoms with Gasteiger partial charge in [0.25, 0.3) is 0 Å². The van der Waals surface area contributed by atoms with Crippen molar-refractivity contribution in [2.75, 3.05) is 5.75 Å². The summed E-state index contributed by atoms with van der Waals surface area (Å²) in [5, 5.41) is 5.84. The molecule has 0 radical (unpaired) electrons. The molecule has 0 fully saturated rings. The number of carbonyl (C=O) groups excluding carboxylic acids is 1. The highest BCUT2D eigenvalue weighted by molar-refractivity contribution is 14.1. The SMILES string of the molecule is O=C(CSc1ccc(Cl)cc1)N/N=C\c1ccc(OCc2ccc(Cl)cc2Cl)c(I)c1. The van der Waals surface area contributed by atoms with Crippen LogP contribution in [0, 0.1) is 3.57 Å². The van der Waals surface area contributed by atoms with E-state index in [0.29, 0.717) is 21.7 Å². The largest absolute Gasteiger partial charge is 0.488 e. The second kappa shape index (κ2) is 12.0. The number of halogens is 4. The summed E-state index contributed by atoms with van der Waals surface area (Å²) >= 11 is 21.6. The predicted octanol–water partition coefficient (Wildman–Crippen LogP) is 7.07. The van der Waals surface area contributed by atoms with Gasteiger partial charge in [-0.05, 0) is 82.8 Å². The highest BCUT2D eigenvalue weighted by atomic mass is 127. The number of benzene rings is 3. The summed E-state index contributed by atoms with van der Waals surface area (Å²) in [7, 11) is 0. The lowest BCUT2D eigenvalue weighted by Gasteiger charge is -2.10. The van der Waals surface area contributed by atoms with E-state index in [0.717, 1.165) is 25.3 Å². The van der Waals surface area contributed by atoms with Crippen molar-refractivity contribution >= 4 is 81.3 Å². The van der Waals surface area contributed by atoms with E-state index in [-0.39, 0.29) is 11.7 Å². The van der Waals surface area contributed by atoms with Crippen molar-refractivity contribution < 1.29 is 9.53 Å². The van der Waals surface area contributed by atoms with E-state index in [4.69, 9.17) is 39.5 Å². The Bertz CT molecular complexity index is 1090. The van der Waals surface area contributed by atoms with Crippen LogP contribution in [0.1, 0.15) is 11.1 Å². The van der Waals surface area contributed by atoms with Gasteiger partial charge in [0.1, 0.15) is 12.4 Å². The molecular weight excluding hydrogens is 590 g/mol. The summed E-state index contributed by atoms with van der Waals surface area (Å²) in [6.45, 7) is 0.334. The third-order valence-corrected chi connectivity index (χ3v) is 6.63. The Hall–Kier alpha value is -1.45. The molecule has 0 spiro atoms. The van der Waals surface area contributed by atoms with Crippen molar-refractivity contribution in [3.05, 3.63) is 90.4 Å². The summed E-state index contributed by atoms with van der Waals surface area (Å²) in [5.74, 6) is 0.800. The second-order valence-electron chi connectivity index (χ2n) is 6.25. The molecule has 4 nitrogen and oxygen atoms in total. The number of rotatable bonds is 8. The van der Waals surface area contributed by atoms with Gasteiger partial charge in [-0.3, -0.25) is 4.79 Å². The molecular formula is C22H16Cl3IN2O2S. The maximum absolute atomic E-state index is 12.0. The van der Waals surface area contributed by atoms with Crippen LogP contribution < -0.4 is 10.2 Å². The fraction of sp³-hybridized carbons (Fsp3) is 0.0909. The van der Waals surface area contributed by atoms with Crippen molar-refractivity contribution in [1.29, 1.82) is 0 Å². The van der Waals surface area contributed by atoms with Crippen LogP contribution in [-0.4, -0.2) is 17.9 Å². The quantitative estimate of drug-likeness (QED) is 0.129. The average Bonchev–Trinajstić information content (AvgIpc) is 2.74. The zero-order valence-corrected chi connectivity index (χ0v) is 21.2. The number of thioether (sulfide) groups is 1. The Kier molecular flexibility index (Phi) is 9.34. The van der Waals surface area contributed by atoms with E-state index in [9.17, 15) is 4.79 Å². The van der Waals surface area contributed by atoms with Crippen LogP contribution in [0.25, 0.3) is 0 Å². The van der Waals surface area contributed by atoms with E-state index in [1.54, 1.807) is 30.5 Å². The number of ether oxygens (including phenoxy) is 1. The molecule has 3 aromatic carbocycles. The lowest BCUT2D eigenvalue weighted by molar-refractivity contribution is -0.118. The van der Waals surface area contributed by atoms with Gasteiger partial charge in [0.05, 0.1) is 15.5 Å². The smallest absolute Gasteiger partial charge is 0.250 e. The summed E-state index contributed by atoms with van der Waals surface area (Å²) < 4.78 is 6.78. The minimum Gasteiger partial charge on any atom is -0.488 e. The molecule has 9 heteroatoms. The van der Waals surface area contributed by atoms with E-state index >= 15 is 0 Å². The number of amides is 1. The van der Waals surface area contributed by atoms with E-state index in [1.165, 1.54) is 11.8 Å². The van der Waals surface area contributed by atoms with Gasteiger partial charge in [-0.1, -0.05) is 40.9 Å². The first-order valence-electron chi connectivity index (χ1n) is 8.97. The fourth-order valence-electron chi connectivity index (χ4n) is 2.40. The summed E-state index contributed by atoms with van der Waals surface area (Å²) in [6.07, 6.45) is 1.59. The first-order valence-corrected chi connectivity index (χ1v) is 12.2. The molecule has 0 saturated heterocycles. The van der Waals surface area contributed by atoms with Gasteiger partial charge in [0.2, 0.25) is 5.91 Å². The molecule has 0 bridgehead atoms. The van der Waals surface area contributed by atoms with Crippen molar-refractivity contribution in [3.8, 4) is 5.75 Å². The Labute approximate surface area is 213 Å². The molecule has 160 valence electrons. The van der Waals surface area contributed by atoms with Crippen molar-refractivity contribution in [3.63, 3.8) is 0 Å². The predicted molar refractivity (Wildman–Crippen MR) is 138 cm³/mol. The van der Waals surface area contributed by atoms with Gasteiger partial charge in [-0.15, -0.1) is 11.8 Å². The average molecular weight is 606 g/mol. The van der Waals surface area contributed by atoms with E-state index in [2.05, 4.69) is 33.1 Å². The Morgan fingerprint density at radius 2 is 1.77 bits per heavy atom. The molecule has 1 N–H and O–H groups in total. The number of carbonyl (C=O) groups is 1. The Balaban J connectivity index is 1.49. The van der Waals surface area contributed by atoms with Crippen LogP contribution in [0.4, 0.5) is 0 Å². The van der Waals surface area contributed by atoms with Crippen LogP contribution in [-0.2, 0) is 11.4 Å². The normalized spacial score (nSPS) is 11.0. The van der Waals surface area contributed by atoms with Gasteiger partial charge in [0, 0.05) is 25.5 Å². The molecule has 0 aliphatic carbocycles. The fourth-order valence-corrected chi connectivity index (χ4v) is 4.37. The maximum Gasteiger partial charge on any atom is 0.250 e. The molecule has 0 aromatic heterocycles. The van der Waals surface area contributed by atoms with Gasteiger partial charge in [-0.2, -0.15) is 5.10 Å². The number of hydrogen-bond donors (Lipinski definition) is 1. The molecule has 1 amide bonds. The van der Waals surface area contributed by atoms with E-state index in [1.807, 2.05) is 36.4 Å². The van der Waals surface area contributed by atoms with Crippen molar-refractivity contribution in [1.82, 2.24) is 5.43 Å². The molecule has 0 atom stereocenters. The summed E-state index contributed by atoms with van der Waals surface area (Å²) in [5.41, 5.74) is 4.22. The van der Waals surface area contributed by atoms with Crippen LogP contribution in [0.15, 0.2) is 70.7 Å². The first kappa shape index (κ1) is 24.2. The topological polar surface area (TPSA) is 50.7 Å². The lowest BCUT2D eigenvalue weighted by atomic mass is 10.2. The second-order valence-corrected chi connectivity index (χ2v) is 9.74. The highest BCUT2D eigenvalue weighted by Gasteiger charge is 2.06. The minimum atomic E-state index is -0.189. The van der Waals surface area contributed by atoms with Crippen LogP contribution in [0.5, 0.6) is 5.75 Å². The Morgan fingerprint density at radius 1 is 1.03 bits per heavy atom. The summed E-state index contributed by atoms with van der Waals surface area (Å²) in [4.78, 5) is 12.9. The van der Waals surface area contributed by atoms with Gasteiger partial charge in [0.15, 0.2) is 0 Å². The molecule has 3 rings (SSSR count). The molecule has 0 aliphatic heterocycles. The lowest BCUT2D eigenvalue weighted by Crippen LogP contribution is -2.19. The van der Waals surface area contributed by atoms with E-state index < -0.39 is 0 Å². The Morgan fingerprint density at radius 3 is 2.48 bits per heavy atom. The number of nitrogens with zero attached hydrogens (tertiary/aromatic N) is 1. The number of nitrogens with one attached hydrogen (secondary N) is 1. The van der Waals surface area contributed by atoms with Gasteiger partial charge < -0.3 is 4.74 Å². The van der Waals surface area contributed by atoms with Gasteiger partial charge in [-0.25, -0.2) is 5.43 Å². The van der Waals surface area contributed by atoms with Crippen LogP contribution in [0.3, 0.4) is 0 Å². The number of hydrazone groups is 1. The monoisotopic (exact) mass is 604 g/mol. The summed E-state index contributed by atoms with van der Waals surface area (Å²) in [6, 6.07) is 18.3. The molecule has 0 unspecified atom stereocenters. The minimum absolute atomic E-state index is 0.189. The molecule has 0 heterocycles. The first-order chi connectivity index (χ1) is 14.9. The molecule has 31 heavy (non-hydrogen) atoms. The zero-order valence-electron chi connectivity index (χ0n) is 15.9. The van der Waals surface area contributed by atoms with Crippen molar-refractivity contribution in [2.24, 2.45) is 5.10 Å². The van der Waals surface area contributed by atoms with Crippen molar-refractivity contribution in [2.45, 2.75) is 11.5 Å². The highest BCUT2D eigenvalue weighted by Crippen LogP contribution is 2.26. The molecule has 0 aliphatic rings.